The Morgan fingerprint density at radius 3 is 2.48 bits per heavy atom. The molecule has 0 saturated carbocycles. The lowest BCUT2D eigenvalue weighted by Gasteiger charge is -2.21. The van der Waals surface area contributed by atoms with Crippen molar-refractivity contribution in [1.29, 1.82) is 0 Å². The lowest BCUT2D eigenvalue weighted by atomic mass is 10.1. The largest absolute Gasteiger partial charge is 0.398 e. The van der Waals surface area contributed by atoms with Crippen LogP contribution in [0.15, 0.2) is 24.3 Å². The van der Waals surface area contributed by atoms with E-state index in [1.54, 1.807) is 11.0 Å². The number of rotatable bonds is 8. The van der Waals surface area contributed by atoms with Gasteiger partial charge in [0.25, 0.3) is 0 Å². The van der Waals surface area contributed by atoms with Crippen LogP contribution in [0.3, 0.4) is 0 Å². The van der Waals surface area contributed by atoms with Gasteiger partial charge in [0.2, 0.25) is 11.8 Å². The predicted molar refractivity (Wildman–Crippen MR) is 83.2 cm³/mol. The first-order chi connectivity index (χ1) is 9.88. The first-order valence-electron chi connectivity index (χ1n) is 6.99. The molecule has 5 N–H and O–H groups in total. The van der Waals surface area contributed by atoms with E-state index in [0.29, 0.717) is 24.7 Å². The molecular formula is C15H24N4O2. The van der Waals surface area contributed by atoms with Crippen LogP contribution >= 0.6 is 0 Å². The zero-order valence-electron chi connectivity index (χ0n) is 12.6. The Bertz CT molecular complexity index is 488. The molecule has 1 rings (SSSR count). The Balaban J connectivity index is 2.65. The Morgan fingerprint density at radius 1 is 1.24 bits per heavy atom. The summed E-state index contributed by atoms with van der Waals surface area (Å²) in [5, 5.41) is 2.82. The molecule has 0 aliphatic rings. The smallest absolute Gasteiger partial charge is 0.234 e. The van der Waals surface area contributed by atoms with Crippen LogP contribution in [-0.2, 0) is 16.1 Å². The molecule has 0 aliphatic carbocycles. The highest BCUT2D eigenvalue weighted by molar-refractivity contribution is 5.80. The molecule has 0 aliphatic heterocycles. The average molecular weight is 292 g/mol. The number of benzene rings is 1. The highest BCUT2D eigenvalue weighted by atomic mass is 16.2. The van der Waals surface area contributed by atoms with Crippen molar-refractivity contribution in [1.82, 2.24) is 10.2 Å². The van der Waals surface area contributed by atoms with Gasteiger partial charge in [-0.15, -0.1) is 0 Å². The Morgan fingerprint density at radius 2 is 1.90 bits per heavy atom. The fourth-order valence-corrected chi connectivity index (χ4v) is 1.88. The van der Waals surface area contributed by atoms with E-state index in [-0.39, 0.29) is 19.0 Å². The van der Waals surface area contributed by atoms with Gasteiger partial charge in [-0.25, -0.2) is 0 Å². The van der Waals surface area contributed by atoms with Crippen LogP contribution in [0.1, 0.15) is 19.4 Å². The summed E-state index contributed by atoms with van der Waals surface area (Å²) in [6, 6.07) is 7.37. The van der Waals surface area contributed by atoms with E-state index in [2.05, 4.69) is 5.32 Å². The number of anilines is 1. The molecule has 0 saturated heterocycles. The molecule has 6 nitrogen and oxygen atoms in total. The minimum atomic E-state index is -0.471. The molecule has 116 valence electrons. The van der Waals surface area contributed by atoms with Crippen LogP contribution in [0.25, 0.3) is 0 Å². The summed E-state index contributed by atoms with van der Waals surface area (Å²) >= 11 is 0. The Kier molecular flexibility index (Phi) is 6.68. The third-order valence-electron chi connectivity index (χ3n) is 2.90. The predicted octanol–water partition coefficient (Wildman–Crippen LogP) is 0.328. The monoisotopic (exact) mass is 292 g/mol. The van der Waals surface area contributed by atoms with Crippen molar-refractivity contribution in [3.05, 3.63) is 29.8 Å². The van der Waals surface area contributed by atoms with Crippen LogP contribution in [0, 0.1) is 5.92 Å². The second-order valence-corrected chi connectivity index (χ2v) is 5.51. The van der Waals surface area contributed by atoms with Crippen molar-refractivity contribution >= 4 is 17.5 Å². The molecule has 0 heterocycles. The van der Waals surface area contributed by atoms with Gasteiger partial charge >= 0.3 is 0 Å². The van der Waals surface area contributed by atoms with E-state index >= 15 is 0 Å². The maximum atomic E-state index is 11.9. The quantitative estimate of drug-likeness (QED) is 0.601. The summed E-state index contributed by atoms with van der Waals surface area (Å²) in [4.78, 5) is 24.7. The zero-order valence-corrected chi connectivity index (χ0v) is 12.6. The van der Waals surface area contributed by atoms with Gasteiger partial charge in [0.15, 0.2) is 0 Å². The second kappa shape index (κ2) is 8.26. The van der Waals surface area contributed by atoms with Crippen molar-refractivity contribution in [2.75, 3.05) is 25.4 Å². The van der Waals surface area contributed by atoms with E-state index in [1.807, 2.05) is 32.0 Å². The van der Waals surface area contributed by atoms with Crippen LogP contribution in [0.5, 0.6) is 0 Å². The summed E-state index contributed by atoms with van der Waals surface area (Å²) in [6.45, 7) is 5.19. The fourth-order valence-electron chi connectivity index (χ4n) is 1.88. The highest BCUT2D eigenvalue weighted by Crippen LogP contribution is 2.13. The van der Waals surface area contributed by atoms with E-state index < -0.39 is 5.91 Å². The molecule has 6 heteroatoms. The van der Waals surface area contributed by atoms with Gasteiger partial charge in [-0.3, -0.25) is 14.5 Å². The SMILES string of the molecule is CC(C)CNC(=O)CN(CC(N)=O)Cc1ccccc1N. The molecule has 0 aromatic heterocycles. The van der Waals surface area contributed by atoms with Gasteiger partial charge in [-0.2, -0.15) is 0 Å². The highest BCUT2D eigenvalue weighted by Gasteiger charge is 2.14. The van der Waals surface area contributed by atoms with Gasteiger partial charge in [0.05, 0.1) is 13.1 Å². The molecule has 0 unspecified atom stereocenters. The normalized spacial score (nSPS) is 10.9. The molecular weight excluding hydrogens is 268 g/mol. The van der Waals surface area contributed by atoms with E-state index in [9.17, 15) is 9.59 Å². The van der Waals surface area contributed by atoms with Crippen molar-refractivity contribution in [2.45, 2.75) is 20.4 Å². The van der Waals surface area contributed by atoms with Crippen LogP contribution < -0.4 is 16.8 Å². The number of nitrogens with zero attached hydrogens (tertiary/aromatic N) is 1. The number of nitrogen functional groups attached to an aromatic ring is 1. The summed E-state index contributed by atoms with van der Waals surface area (Å²) < 4.78 is 0. The molecule has 0 atom stereocenters. The van der Waals surface area contributed by atoms with Gasteiger partial charge in [-0.1, -0.05) is 32.0 Å². The van der Waals surface area contributed by atoms with Crippen molar-refractivity contribution in [3.8, 4) is 0 Å². The summed E-state index contributed by atoms with van der Waals surface area (Å²) in [7, 11) is 0. The standard InChI is InChI=1S/C15H24N4O2/c1-11(2)7-18-15(21)10-19(9-14(17)20)8-12-5-3-4-6-13(12)16/h3-6,11H,7-10,16H2,1-2H3,(H2,17,20)(H,18,21). The van der Waals surface area contributed by atoms with Crippen molar-refractivity contribution in [2.24, 2.45) is 11.7 Å². The number of carbonyl (C=O) groups excluding carboxylic acids is 2. The van der Waals surface area contributed by atoms with Crippen molar-refractivity contribution < 1.29 is 9.59 Å². The molecule has 21 heavy (non-hydrogen) atoms. The first-order valence-corrected chi connectivity index (χ1v) is 6.99. The number of carbonyl (C=O) groups is 2. The van der Waals surface area contributed by atoms with Gasteiger partial charge < -0.3 is 16.8 Å². The topological polar surface area (TPSA) is 101 Å². The summed E-state index contributed by atoms with van der Waals surface area (Å²) in [5.74, 6) is -0.219. The first kappa shape index (κ1) is 17.0. The minimum absolute atomic E-state index is 0.0173. The maximum Gasteiger partial charge on any atom is 0.234 e. The number of hydrogen-bond donors (Lipinski definition) is 3. The molecule has 1 aromatic rings. The lowest BCUT2D eigenvalue weighted by molar-refractivity contribution is -0.124. The van der Waals surface area contributed by atoms with Gasteiger partial charge in [0, 0.05) is 18.8 Å². The zero-order chi connectivity index (χ0) is 15.8. The fraction of sp³-hybridized carbons (Fsp3) is 0.467. The summed E-state index contributed by atoms with van der Waals surface area (Å²) in [5.41, 5.74) is 12.6. The molecule has 0 bridgehead atoms. The number of para-hydroxylation sites is 1. The maximum absolute atomic E-state index is 11.9. The Labute approximate surface area is 125 Å². The third-order valence-corrected chi connectivity index (χ3v) is 2.90. The average Bonchev–Trinajstić information content (AvgIpc) is 2.38. The number of nitrogens with two attached hydrogens (primary N) is 2. The molecule has 2 amide bonds. The molecule has 0 radical (unpaired) electrons. The van der Waals surface area contributed by atoms with Crippen LogP contribution in [0.4, 0.5) is 5.69 Å². The Hall–Kier alpha value is -2.08. The molecule has 1 aromatic carbocycles. The minimum Gasteiger partial charge on any atom is -0.398 e. The van der Waals surface area contributed by atoms with Gasteiger partial charge in [0.1, 0.15) is 0 Å². The summed E-state index contributed by atoms with van der Waals surface area (Å²) in [6.07, 6.45) is 0. The molecule has 0 spiro atoms. The lowest BCUT2D eigenvalue weighted by Crippen LogP contribution is -2.42. The van der Waals surface area contributed by atoms with Gasteiger partial charge in [-0.05, 0) is 17.5 Å². The van der Waals surface area contributed by atoms with E-state index in [1.165, 1.54) is 0 Å². The number of hydrogen-bond acceptors (Lipinski definition) is 4. The third kappa shape index (κ3) is 6.76. The molecule has 0 fully saturated rings. The number of primary amides is 1. The van der Waals surface area contributed by atoms with E-state index in [0.717, 1.165) is 5.56 Å². The van der Waals surface area contributed by atoms with Crippen LogP contribution in [-0.4, -0.2) is 36.3 Å². The van der Waals surface area contributed by atoms with Crippen LogP contribution in [0.2, 0.25) is 0 Å². The van der Waals surface area contributed by atoms with Crippen molar-refractivity contribution in [3.63, 3.8) is 0 Å². The van der Waals surface area contributed by atoms with E-state index in [4.69, 9.17) is 11.5 Å². The number of amides is 2. The number of nitrogens with one attached hydrogen (secondary N) is 1. The second-order valence-electron chi connectivity index (χ2n) is 5.51.